The maximum atomic E-state index is 11.1. The Bertz CT molecular complexity index is 712. The molecular weight excluding hydrogens is 286 g/mol. The molecule has 0 amide bonds. The monoisotopic (exact) mass is 303 g/mol. The zero-order valence-electron chi connectivity index (χ0n) is 12.9. The number of rotatable bonds is 5. The molecule has 0 saturated carbocycles. The Hall–Kier alpha value is -2.76. The summed E-state index contributed by atoms with van der Waals surface area (Å²) >= 11 is 0. The van der Waals surface area contributed by atoms with E-state index >= 15 is 0 Å². The number of nitro groups is 1. The lowest BCUT2D eigenvalue weighted by Gasteiger charge is -2.16. The van der Waals surface area contributed by atoms with Crippen LogP contribution in [0.2, 0.25) is 0 Å². The minimum Gasteiger partial charge on any atom is -0.493 e. The molecule has 0 aliphatic heterocycles. The van der Waals surface area contributed by atoms with Gasteiger partial charge in [0.1, 0.15) is 0 Å². The molecule has 0 heterocycles. The number of hydrogen-bond donors (Lipinski definition) is 0. The van der Waals surface area contributed by atoms with Crippen LogP contribution in [0.4, 0.5) is 5.69 Å². The highest BCUT2D eigenvalue weighted by Gasteiger charge is 2.19. The first kappa shape index (κ1) is 15.6. The lowest BCUT2D eigenvalue weighted by molar-refractivity contribution is -0.385. The Labute approximate surface area is 128 Å². The first-order valence-corrected chi connectivity index (χ1v) is 6.57. The van der Waals surface area contributed by atoms with Gasteiger partial charge in [0.05, 0.1) is 26.3 Å². The molecule has 2 rings (SSSR count). The lowest BCUT2D eigenvalue weighted by Crippen LogP contribution is -1.97. The summed E-state index contributed by atoms with van der Waals surface area (Å²) in [6.45, 7) is 1.70. The summed E-state index contributed by atoms with van der Waals surface area (Å²) in [5, 5.41) is 11.1. The highest BCUT2D eigenvalue weighted by Crippen LogP contribution is 2.44. The number of nitrogens with zero attached hydrogens (tertiary/aromatic N) is 1. The third kappa shape index (κ3) is 2.67. The van der Waals surface area contributed by atoms with Gasteiger partial charge in [-0.05, 0) is 24.6 Å². The Morgan fingerprint density at radius 1 is 0.955 bits per heavy atom. The van der Waals surface area contributed by atoms with Crippen LogP contribution < -0.4 is 14.2 Å². The SMILES string of the molecule is COc1ccc(-c2ccc(C)c([N+](=O)[O-])c2)c(OC)c1OC. The van der Waals surface area contributed by atoms with Gasteiger partial charge in [-0.3, -0.25) is 10.1 Å². The molecule has 0 atom stereocenters. The van der Waals surface area contributed by atoms with Gasteiger partial charge >= 0.3 is 0 Å². The number of benzene rings is 2. The van der Waals surface area contributed by atoms with Gasteiger partial charge in [0.2, 0.25) is 5.75 Å². The molecule has 0 unspecified atom stereocenters. The minimum absolute atomic E-state index is 0.0642. The number of hydrogen-bond acceptors (Lipinski definition) is 5. The summed E-state index contributed by atoms with van der Waals surface area (Å²) in [5.74, 6) is 1.45. The Morgan fingerprint density at radius 3 is 2.18 bits per heavy atom. The molecular formula is C16H17NO5. The van der Waals surface area contributed by atoms with E-state index in [2.05, 4.69) is 0 Å². The molecule has 0 radical (unpaired) electrons. The first-order chi connectivity index (χ1) is 10.5. The second kappa shape index (κ2) is 6.34. The number of nitro benzene ring substituents is 1. The van der Waals surface area contributed by atoms with E-state index < -0.39 is 4.92 Å². The molecule has 6 nitrogen and oxygen atoms in total. The normalized spacial score (nSPS) is 10.2. The molecule has 0 aromatic heterocycles. The fourth-order valence-corrected chi connectivity index (χ4v) is 2.30. The summed E-state index contributed by atoms with van der Waals surface area (Å²) in [4.78, 5) is 10.7. The molecule has 0 aliphatic carbocycles. The minimum atomic E-state index is -0.397. The van der Waals surface area contributed by atoms with E-state index in [4.69, 9.17) is 14.2 Å². The predicted molar refractivity (Wildman–Crippen MR) is 82.9 cm³/mol. The van der Waals surface area contributed by atoms with Gasteiger partial charge in [-0.2, -0.15) is 0 Å². The van der Waals surface area contributed by atoms with Gasteiger partial charge in [0.25, 0.3) is 5.69 Å². The average Bonchev–Trinajstić information content (AvgIpc) is 2.53. The van der Waals surface area contributed by atoms with Crippen LogP contribution in [0.25, 0.3) is 11.1 Å². The van der Waals surface area contributed by atoms with Gasteiger partial charge in [0, 0.05) is 17.2 Å². The van der Waals surface area contributed by atoms with Gasteiger partial charge < -0.3 is 14.2 Å². The first-order valence-electron chi connectivity index (χ1n) is 6.57. The van der Waals surface area contributed by atoms with Crippen molar-refractivity contribution in [3.8, 4) is 28.4 Å². The fourth-order valence-electron chi connectivity index (χ4n) is 2.30. The maximum absolute atomic E-state index is 11.1. The molecule has 0 fully saturated rings. The van der Waals surface area contributed by atoms with Crippen LogP contribution in [0, 0.1) is 17.0 Å². The molecule has 0 spiro atoms. The number of ether oxygens (including phenoxy) is 3. The van der Waals surface area contributed by atoms with Crippen LogP contribution in [0.3, 0.4) is 0 Å². The summed E-state index contributed by atoms with van der Waals surface area (Å²) in [7, 11) is 4.57. The third-order valence-corrected chi connectivity index (χ3v) is 3.42. The van der Waals surface area contributed by atoms with E-state index in [1.165, 1.54) is 27.4 Å². The highest BCUT2D eigenvalue weighted by molar-refractivity contribution is 5.78. The number of methoxy groups -OCH3 is 3. The Kier molecular flexibility index (Phi) is 4.50. The lowest BCUT2D eigenvalue weighted by atomic mass is 10.0. The van der Waals surface area contributed by atoms with Gasteiger partial charge in [-0.25, -0.2) is 0 Å². The topological polar surface area (TPSA) is 70.8 Å². The van der Waals surface area contributed by atoms with Crippen molar-refractivity contribution in [1.29, 1.82) is 0 Å². The summed E-state index contributed by atoms with van der Waals surface area (Å²) in [5.41, 5.74) is 2.04. The second-order valence-electron chi connectivity index (χ2n) is 4.64. The second-order valence-corrected chi connectivity index (χ2v) is 4.64. The van der Waals surface area contributed by atoms with Crippen LogP contribution in [0.1, 0.15) is 5.56 Å². The molecule has 2 aromatic carbocycles. The zero-order valence-corrected chi connectivity index (χ0v) is 12.9. The summed E-state index contributed by atoms with van der Waals surface area (Å²) < 4.78 is 16.0. The van der Waals surface area contributed by atoms with Crippen molar-refractivity contribution in [1.82, 2.24) is 0 Å². The highest BCUT2D eigenvalue weighted by atomic mass is 16.6. The van der Waals surface area contributed by atoms with Crippen molar-refractivity contribution in [3.63, 3.8) is 0 Å². The van der Waals surface area contributed by atoms with Crippen molar-refractivity contribution in [2.24, 2.45) is 0 Å². The van der Waals surface area contributed by atoms with Gasteiger partial charge in [-0.1, -0.05) is 12.1 Å². The van der Waals surface area contributed by atoms with E-state index in [1.807, 2.05) is 6.07 Å². The van der Waals surface area contributed by atoms with Gasteiger partial charge in [-0.15, -0.1) is 0 Å². The molecule has 0 N–H and O–H groups in total. The third-order valence-electron chi connectivity index (χ3n) is 3.42. The molecule has 0 aliphatic rings. The molecule has 0 bridgehead atoms. The van der Waals surface area contributed by atoms with Crippen molar-refractivity contribution in [2.75, 3.05) is 21.3 Å². The fraction of sp³-hybridized carbons (Fsp3) is 0.250. The van der Waals surface area contributed by atoms with Crippen molar-refractivity contribution >= 4 is 5.69 Å². The molecule has 116 valence electrons. The Morgan fingerprint density at radius 2 is 1.64 bits per heavy atom. The molecule has 22 heavy (non-hydrogen) atoms. The summed E-state index contributed by atoms with van der Waals surface area (Å²) in [6, 6.07) is 8.58. The van der Waals surface area contributed by atoms with E-state index in [-0.39, 0.29) is 5.69 Å². The molecule has 6 heteroatoms. The largest absolute Gasteiger partial charge is 0.493 e. The van der Waals surface area contributed by atoms with E-state index in [1.54, 1.807) is 25.1 Å². The van der Waals surface area contributed by atoms with E-state index in [9.17, 15) is 10.1 Å². The number of aryl methyl sites for hydroxylation is 1. The summed E-state index contributed by atoms with van der Waals surface area (Å²) in [6.07, 6.45) is 0. The standard InChI is InChI=1S/C16H17NO5/c1-10-5-6-11(9-13(10)17(18)19)12-7-8-14(20-2)16(22-4)15(12)21-3/h5-9H,1-4H3. The van der Waals surface area contributed by atoms with E-state index in [0.717, 1.165) is 0 Å². The van der Waals surface area contributed by atoms with E-state index in [0.29, 0.717) is 33.9 Å². The van der Waals surface area contributed by atoms with Crippen LogP contribution in [-0.4, -0.2) is 26.3 Å². The van der Waals surface area contributed by atoms with Crippen molar-refractivity contribution in [2.45, 2.75) is 6.92 Å². The van der Waals surface area contributed by atoms with Crippen molar-refractivity contribution in [3.05, 3.63) is 46.0 Å². The average molecular weight is 303 g/mol. The Balaban J connectivity index is 2.67. The van der Waals surface area contributed by atoms with Crippen molar-refractivity contribution < 1.29 is 19.1 Å². The zero-order chi connectivity index (χ0) is 16.3. The van der Waals surface area contributed by atoms with Crippen LogP contribution in [-0.2, 0) is 0 Å². The van der Waals surface area contributed by atoms with Crippen LogP contribution >= 0.6 is 0 Å². The molecule has 0 saturated heterocycles. The van der Waals surface area contributed by atoms with Gasteiger partial charge in [0.15, 0.2) is 11.5 Å². The smallest absolute Gasteiger partial charge is 0.272 e. The quantitative estimate of drug-likeness (QED) is 0.623. The molecule has 2 aromatic rings. The van der Waals surface area contributed by atoms with Crippen LogP contribution in [0.15, 0.2) is 30.3 Å². The van der Waals surface area contributed by atoms with Crippen LogP contribution in [0.5, 0.6) is 17.2 Å². The predicted octanol–water partition coefficient (Wildman–Crippen LogP) is 3.60. The maximum Gasteiger partial charge on any atom is 0.272 e.